The fourth-order valence-electron chi connectivity index (χ4n) is 4.96. The Labute approximate surface area is 169 Å². The Morgan fingerprint density at radius 2 is 1.62 bits per heavy atom. The predicted molar refractivity (Wildman–Crippen MR) is 111 cm³/mol. The average Bonchev–Trinajstić information content (AvgIpc) is 2.96. The summed E-state index contributed by atoms with van der Waals surface area (Å²) >= 11 is 0. The maximum atomic E-state index is 12.5. The smallest absolute Gasteiger partial charge is 0.257 e. The van der Waals surface area contributed by atoms with Gasteiger partial charge in [-0.05, 0) is 31.6 Å². The van der Waals surface area contributed by atoms with Gasteiger partial charge in [0.1, 0.15) is 5.82 Å². The summed E-state index contributed by atoms with van der Waals surface area (Å²) in [4.78, 5) is 21.5. The number of ether oxygens (including phenoxy) is 3. The van der Waals surface area contributed by atoms with E-state index in [9.17, 15) is 4.79 Å². The van der Waals surface area contributed by atoms with Crippen LogP contribution in [0.2, 0.25) is 0 Å². The van der Waals surface area contributed by atoms with Gasteiger partial charge in [0.05, 0.1) is 26.9 Å². The zero-order valence-corrected chi connectivity index (χ0v) is 16.9. The van der Waals surface area contributed by atoms with Gasteiger partial charge in [0, 0.05) is 29.9 Å². The van der Waals surface area contributed by atoms with Gasteiger partial charge in [-0.2, -0.15) is 4.98 Å². The molecule has 9 nitrogen and oxygen atoms in total. The maximum absolute atomic E-state index is 12.5. The first-order valence-electron chi connectivity index (χ1n) is 9.70. The number of H-pyrrole nitrogens is 1. The largest absolute Gasteiger partial charge is 0.493 e. The molecule has 2 bridgehead atoms. The lowest BCUT2D eigenvalue weighted by molar-refractivity contribution is 0.323. The molecule has 9 heteroatoms. The van der Waals surface area contributed by atoms with Crippen molar-refractivity contribution in [3.63, 3.8) is 0 Å². The third-order valence-electron chi connectivity index (χ3n) is 6.09. The number of benzene rings is 1. The van der Waals surface area contributed by atoms with E-state index in [1.807, 2.05) is 12.1 Å². The van der Waals surface area contributed by atoms with Crippen molar-refractivity contribution in [1.82, 2.24) is 9.97 Å². The maximum Gasteiger partial charge on any atom is 0.257 e. The average molecular weight is 401 g/mol. The van der Waals surface area contributed by atoms with Crippen LogP contribution >= 0.6 is 0 Å². The van der Waals surface area contributed by atoms with E-state index in [0.29, 0.717) is 22.8 Å². The van der Waals surface area contributed by atoms with Crippen molar-refractivity contribution in [2.75, 3.05) is 37.7 Å². The molecular formula is C20H27N5O4. The Kier molecular flexibility index (Phi) is 4.89. The number of nitrogens with one attached hydrogen (secondary N) is 1. The van der Waals surface area contributed by atoms with Crippen LogP contribution in [0.1, 0.15) is 37.2 Å². The molecule has 2 fully saturated rings. The van der Waals surface area contributed by atoms with Crippen molar-refractivity contribution in [1.29, 1.82) is 0 Å². The number of fused-ring (bicyclic) bond motifs is 2. The highest BCUT2D eigenvalue weighted by Gasteiger charge is 2.43. The second-order valence-electron chi connectivity index (χ2n) is 7.59. The van der Waals surface area contributed by atoms with Crippen molar-refractivity contribution < 1.29 is 14.2 Å². The monoisotopic (exact) mass is 401 g/mol. The number of nitrogen functional groups attached to an aromatic ring is 2. The molecule has 4 rings (SSSR count). The third-order valence-corrected chi connectivity index (χ3v) is 6.09. The zero-order valence-electron chi connectivity index (χ0n) is 16.9. The summed E-state index contributed by atoms with van der Waals surface area (Å²) in [6.07, 6.45) is 3.76. The van der Waals surface area contributed by atoms with E-state index < -0.39 is 0 Å². The third kappa shape index (κ3) is 3.20. The molecule has 156 valence electrons. The normalized spacial score (nSPS) is 23.1. The quantitative estimate of drug-likeness (QED) is 0.693. The number of hydrogen-bond donors (Lipinski definition) is 3. The molecular weight excluding hydrogens is 374 g/mol. The molecule has 2 aliphatic heterocycles. The van der Waals surface area contributed by atoms with Crippen LogP contribution in [0.15, 0.2) is 16.9 Å². The molecule has 1 aromatic carbocycles. The van der Waals surface area contributed by atoms with Gasteiger partial charge < -0.3 is 30.6 Å². The minimum atomic E-state index is -0.236. The van der Waals surface area contributed by atoms with E-state index in [-0.39, 0.29) is 35.3 Å². The highest BCUT2D eigenvalue weighted by Crippen LogP contribution is 2.48. The van der Waals surface area contributed by atoms with Gasteiger partial charge in [-0.15, -0.1) is 0 Å². The topological polar surface area (TPSA) is 129 Å². The minimum Gasteiger partial charge on any atom is -0.493 e. The summed E-state index contributed by atoms with van der Waals surface area (Å²) in [7, 11) is 4.83. The molecule has 29 heavy (non-hydrogen) atoms. The second kappa shape index (κ2) is 7.38. The van der Waals surface area contributed by atoms with Gasteiger partial charge in [-0.3, -0.25) is 9.78 Å². The van der Waals surface area contributed by atoms with Crippen LogP contribution in [0, 0.1) is 0 Å². The molecule has 2 saturated heterocycles. The number of hydrogen-bond acceptors (Lipinski definition) is 8. The first-order chi connectivity index (χ1) is 14.0. The summed E-state index contributed by atoms with van der Waals surface area (Å²) < 4.78 is 16.5. The lowest BCUT2D eigenvalue weighted by Crippen LogP contribution is -2.43. The van der Waals surface area contributed by atoms with Crippen molar-refractivity contribution in [3.05, 3.63) is 28.0 Å². The van der Waals surface area contributed by atoms with Gasteiger partial charge in [0.2, 0.25) is 11.7 Å². The molecule has 0 aliphatic carbocycles. The van der Waals surface area contributed by atoms with E-state index in [4.69, 9.17) is 25.7 Å². The first-order valence-corrected chi connectivity index (χ1v) is 9.70. The lowest BCUT2D eigenvalue weighted by Gasteiger charge is -2.41. The van der Waals surface area contributed by atoms with Crippen LogP contribution in [0.3, 0.4) is 0 Å². The predicted octanol–water partition coefficient (Wildman–Crippen LogP) is 1.88. The first kappa shape index (κ1) is 19.2. The van der Waals surface area contributed by atoms with Crippen LogP contribution < -0.4 is 36.1 Å². The summed E-state index contributed by atoms with van der Waals surface area (Å²) in [5, 5.41) is 0. The van der Waals surface area contributed by atoms with Crippen molar-refractivity contribution in [2.24, 2.45) is 0 Å². The minimum absolute atomic E-state index is 0.0501. The standard InChI is InChI=1S/C20H27N5O4/c1-27-14-8-13(9-15(28-2)17(14)29-3)25-11-4-5-12(25)7-10(6-11)16-18(21)23-20(22)24-19(16)26/h8-12H,4-7H2,1-3H3,(H5,21,22,23,24,26). The number of rotatable bonds is 5. The Morgan fingerprint density at radius 3 is 2.10 bits per heavy atom. The van der Waals surface area contributed by atoms with Gasteiger partial charge in [0.15, 0.2) is 11.5 Å². The van der Waals surface area contributed by atoms with Gasteiger partial charge in [-0.1, -0.05) is 0 Å². The van der Waals surface area contributed by atoms with Gasteiger partial charge >= 0.3 is 0 Å². The van der Waals surface area contributed by atoms with Gasteiger partial charge in [-0.25, -0.2) is 0 Å². The molecule has 0 saturated carbocycles. The molecule has 2 aliphatic rings. The van der Waals surface area contributed by atoms with Crippen LogP contribution in [0.25, 0.3) is 0 Å². The van der Waals surface area contributed by atoms with Crippen LogP contribution in [0.5, 0.6) is 17.2 Å². The van der Waals surface area contributed by atoms with Crippen LogP contribution in [-0.4, -0.2) is 43.4 Å². The van der Waals surface area contributed by atoms with Crippen molar-refractivity contribution in [2.45, 2.75) is 43.7 Å². The van der Waals surface area contributed by atoms with E-state index in [1.54, 1.807) is 21.3 Å². The molecule has 3 heterocycles. The molecule has 0 amide bonds. The molecule has 5 N–H and O–H groups in total. The van der Waals surface area contributed by atoms with E-state index in [1.165, 1.54) is 0 Å². The Morgan fingerprint density at radius 1 is 1.03 bits per heavy atom. The SMILES string of the molecule is COc1cc(N2C3CCC2CC(c2c(N)nc(N)[nH]c2=O)C3)cc(OC)c1OC. The molecule has 0 radical (unpaired) electrons. The fourth-order valence-corrected chi connectivity index (χ4v) is 4.96. The second-order valence-corrected chi connectivity index (χ2v) is 7.59. The Hall–Kier alpha value is -3.10. The van der Waals surface area contributed by atoms with Crippen molar-refractivity contribution in [3.8, 4) is 17.2 Å². The number of nitrogens with two attached hydrogens (primary N) is 2. The molecule has 1 aromatic heterocycles. The highest BCUT2D eigenvalue weighted by molar-refractivity contribution is 5.65. The highest BCUT2D eigenvalue weighted by atomic mass is 16.5. The lowest BCUT2D eigenvalue weighted by atomic mass is 9.85. The van der Waals surface area contributed by atoms with Crippen LogP contribution in [0.4, 0.5) is 17.5 Å². The van der Waals surface area contributed by atoms with Crippen LogP contribution in [-0.2, 0) is 0 Å². The molecule has 2 unspecified atom stereocenters. The summed E-state index contributed by atoms with van der Waals surface area (Å²) in [6, 6.07) is 4.55. The number of aromatic nitrogens is 2. The summed E-state index contributed by atoms with van der Waals surface area (Å²) in [5.41, 5.74) is 13.0. The van der Waals surface area contributed by atoms with E-state index in [2.05, 4.69) is 14.9 Å². The van der Waals surface area contributed by atoms with Crippen molar-refractivity contribution >= 4 is 17.5 Å². The fraction of sp³-hybridized carbons (Fsp3) is 0.500. The summed E-state index contributed by atoms with van der Waals surface area (Å²) in [5.74, 6) is 2.18. The molecule has 2 aromatic rings. The number of anilines is 3. The number of nitrogens with zero attached hydrogens (tertiary/aromatic N) is 2. The zero-order chi connectivity index (χ0) is 20.7. The van der Waals surface area contributed by atoms with E-state index in [0.717, 1.165) is 31.4 Å². The van der Waals surface area contributed by atoms with E-state index >= 15 is 0 Å². The molecule has 0 spiro atoms. The number of methoxy groups -OCH3 is 3. The Bertz CT molecular complexity index is 937. The number of aromatic amines is 1. The van der Waals surface area contributed by atoms with Gasteiger partial charge in [0.25, 0.3) is 5.56 Å². The summed E-state index contributed by atoms with van der Waals surface area (Å²) in [6.45, 7) is 0. The Balaban J connectivity index is 1.67. The molecule has 2 atom stereocenters. The number of piperidine rings is 1.